The van der Waals surface area contributed by atoms with Gasteiger partial charge in [0.05, 0.1) is 6.61 Å². The molecule has 0 fully saturated rings. The first-order valence-corrected chi connectivity index (χ1v) is 6.88. The highest BCUT2D eigenvalue weighted by atomic mass is 79.9. The number of benzene rings is 2. The average Bonchev–Trinajstić information content (AvgIpc) is 2.39. The maximum absolute atomic E-state index is 5.80. The predicted octanol–water partition coefficient (Wildman–Crippen LogP) is 4.01. The molecule has 0 saturated heterocycles. The molecule has 0 heterocycles. The summed E-state index contributed by atoms with van der Waals surface area (Å²) in [6, 6.07) is 13.3. The van der Waals surface area contributed by atoms with Gasteiger partial charge >= 0.3 is 0 Å². The van der Waals surface area contributed by atoms with Gasteiger partial charge in [-0.3, -0.25) is 0 Å². The van der Waals surface area contributed by atoms with Gasteiger partial charge in [-0.25, -0.2) is 0 Å². The lowest BCUT2D eigenvalue weighted by Gasteiger charge is -2.12. The number of hydrogen-bond donors (Lipinski definition) is 1. The number of halogens is 1. The highest BCUT2D eigenvalue weighted by Crippen LogP contribution is 2.24. The summed E-state index contributed by atoms with van der Waals surface area (Å²) in [6.07, 6.45) is 0. The topological polar surface area (TPSA) is 44.5 Å². The van der Waals surface area contributed by atoms with E-state index in [1.54, 1.807) is 0 Å². The Labute approximate surface area is 121 Å². The van der Waals surface area contributed by atoms with Crippen molar-refractivity contribution in [3.05, 3.63) is 52.5 Å². The molecule has 19 heavy (non-hydrogen) atoms. The van der Waals surface area contributed by atoms with Crippen LogP contribution in [0.25, 0.3) is 0 Å². The van der Waals surface area contributed by atoms with Crippen LogP contribution in [0.4, 0.5) is 5.69 Å². The highest BCUT2D eigenvalue weighted by Gasteiger charge is 2.05. The smallest absolute Gasteiger partial charge is 0.126 e. The summed E-state index contributed by atoms with van der Waals surface area (Å²) in [5.74, 6) is 1.62. The molecule has 0 radical (unpaired) electrons. The summed E-state index contributed by atoms with van der Waals surface area (Å²) in [5.41, 5.74) is 7.45. The van der Waals surface area contributed by atoms with Gasteiger partial charge in [-0.2, -0.15) is 0 Å². The van der Waals surface area contributed by atoms with E-state index in [9.17, 15) is 0 Å². The lowest BCUT2D eigenvalue weighted by molar-refractivity contribution is 0.286. The first kappa shape index (κ1) is 13.7. The second kappa shape index (κ2) is 6.48. The van der Waals surface area contributed by atoms with Crippen molar-refractivity contribution in [1.29, 1.82) is 0 Å². The molecule has 0 bridgehead atoms. The summed E-state index contributed by atoms with van der Waals surface area (Å²) < 4.78 is 12.3. The molecule has 3 nitrogen and oxygen atoms in total. The SMILES string of the molecule is CCOc1ccc(N)cc1COc1cccc(Br)c1. The van der Waals surface area contributed by atoms with Gasteiger partial charge in [0.2, 0.25) is 0 Å². The number of rotatable bonds is 5. The van der Waals surface area contributed by atoms with Crippen LogP contribution in [0.5, 0.6) is 11.5 Å². The van der Waals surface area contributed by atoms with E-state index in [-0.39, 0.29) is 0 Å². The lowest BCUT2D eigenvalue weighted by atomic mass is 10.2. The number of hydrogen-bond acceptors (Lipinski definition) is 3. The standard InChI is InChI=1S/C15H16BrNO2/c1-2-18-15-7-6-13(17)8-11(15)10-19-14-5-3-4-12(16)9-14/h3-9H,2,10,17H2,1H3. The third-order valence-electron chi connectivity index (χ3n) is 2.57. The monoisotopic (exact) mass is 321 g/mol. The first-order valence-electron chi connectivity index (χ1n) is 6.08. The predicted molar refractivity (Wildman–Crippen MR) is 80.5 cm³/mol. The minimum absolute atomic E-state index is 0.427. The van der Waals surface area contributed by atoms with Crippen LogP contribution in [-0.4, -0.2) is 6.61 Å². The van der Waals surface area contributed by atoms with Crippen molar-refractivity contribution in [3.63, 3.8) is 0 Å². The molecule has 0 atom stereocenters. The molecule has 0 aromatic heterocycles. The van der Waals surface area contributed by atoms with Crippen LogP contribution < -0.4 is 15.2 Å². The summed E-state index contributed by atoms with van der Waals surface area (Å²) in [6.45, 7) is 3.00. The van der Waals surface area contributed by atoms with E-state index in [0.717, 1.165) is 21.5 Å². The van der Waals surface area contributed by atoms with Crippen molar-refractivity contribution in [1.82, 2.24) is 0 Å². The van der Waals surface area contributed by atoms with Gasteiger partial charge in [-0.1, -0.05) is 22.0 Å². The van der Waals surface area contributed by atoms with E-state index < -0.39 is 0 Å². The van der Waals surface area contributed by atoms with Gasteiger partial charge in [0, 0.05) is 15.7 Å². The number of nitrogen functional groups attached to an aromatic ring is 1. The lowest BCUT2D eigenvalue weighted by Crippen LogP contribution is -2.02. The van der Waals surface area contributed by atoms with Gasteiger partial charge in [0.1, 0.15) is 18.1 Å². The van der Waals surface area contributed by atoms with Crippen molar-refractivity contribution in [2.45, 2.75) is 13.5 Å². The molecular weight excluding hydrogens is 306 g/mol. The minimum Gasteiger partial charge on any atom is -0.493 e. The Morgan fingerprint density at radius 1 is 1.11 bits per heavy atom. The van der Waals surface area contributed by atoms with E-state index in [2.05, 4.69) is 15.9 Å². The van der Waals surface area contributed by atoms with Crippen LogP contribution in [0.1, 0.15) is 12.5 Å². The third kappa shape index (κ3) is 3.89. The molecule has 0 saturated carbocycles. The maximum Gasteiger partial charge on any atom is 0.126 e. The number of nitrogens with two attached hydrogens (primary N) is 1. The summed E-state index contributed by atoms with van der Waals surface area (Å²) in [7, 11) is 0. The summed E-state index contributed by atoms with van der Waals surface area (Å²) in [4.78, 5) is 0. The molecule has 0 unspecified atom stereocenters. The van der Waals surface area contributed by atoms with Crippen molar-refractivity contribution in [2.75, 3.05) is 12.3 Å². The first-order chi connectivity index (χ1) is 9.19. The second-order valence-corrected chi connectivity index (χ2v) is 4.96. The Kier molecular flexibility index (Phi) is 4.68. The van der Waals surface area contributed by atoms with Crippen LogP contribution in [0, 0.1) is 0 Å². The van der Waals surface area contributed by atoms with Crippen LogP contribution in [0.3, 0.4) is 0 Å². The molecule has 2 aromatic carbocycles. The molecule has 100 valence electrons. The minimum atomic E-state index is 0.427. The van der Waals surface area contributed by atoms with Gasteiger partial charge < -0.3 is 15.2 Å². The molecule has 0 aliphatic carbocycles. The normalized spacial score (nSPS) is 10.2. The molecule has 0 spiro atoms. The molecule has 2 N–H and O–H groups in total. The van der Waals surface area contributed by atoms with Crippen molar-refractivity contribution < 1.29 is 9.47 Å². The zero-order valence-corrected chi connectivity index (χ0v) is 12.3. The quantitative estimate of drug-likeness (QED) is 0.846. The average molecular weight is 322 g/mol. The van der Waals surface area contributed by atoms with Crippen molar-refractivity contribution in [2.24, 2.45) is 0 Å². The van der Waals surface area contributed by atoms with Gasteiger partial charge in [0.25, 0.3) is 0 Å². The molecule has 0 amide bonds. The van der Waals surface area contributed by atoms with E-state index in [1.165, 1.54) is 0 Å². The van der Waals surface area contributed by atoms with E-state index in [0.29, 0.717) is 18.9 Å². The van der Waals surface area contributed by atoms with Crippen LogP contribution in [-0.2, 0) is 6.61 Å². The van der Waals surface area contributed by atoms with Gasteiger partial charge in [-0.15, -0.1) is 0 Å². The Morgan fingerprint density at radius 2 is 1.95 bits per heavy atom. The molecule has 4 heteroatoms. The van der Waals surface area contributed by atoms with Crippen molar-refractivity contribution >= 4 is 21.6 Å². The second-order valence-electron chi connectivity index (χ2n) is 4.05. The molecule has 2 aromatic rings. The third-order valence-corrected chi connectivity index (χ3v) is 3.07. The zero-order valence-electron chi connectivity index (χ0n) is 10.7. The summed E-state index contributed by atoms with van der Waals surface area (Å²) >= 11 is 3.41. The Morgan fingerprint density at radius 3 is 2.68 bits per heavy atom. The van der Waals surface area contributed by atoms with Gasteiger partial charge in [-0.05, 0) is 43.3 Å². The van der Waals surface area contributed by atoms with E-state index in [4.69, 9.17) is 15.2 Å². The molecular formula is C15H16BrNO2. The van der Waals surface area contributed by atoms with Crippen molar-refractivity contribution in [3.8, 4) is 11.5 Å². The Balaban J connectivity index is 2.12. The fourth-order valence-corrected chi connectivity index (χ4v) is 2.10. The fourth-order valence-electron chi connectivity index (χ4n) is 1.73. The number of ether oxygens (including phenoxy) is 2. The molecule has 2 rings (SSSR count). The zero-order chi connectivity index (χ0) is 13.7. The largest absolute Gasteiger partial charge is 0.493 e. The van der Waals surface area contributed by atoms with E-state index in [1.807, 2.05) is 49.4 Å². The maximum atomic E-state index is 5.80. The molecule has 0 aliphatic rings. The summed E-state index contributed by atoms with van der Waals surface area (Å²) in [5, 5.41) is 0. The number of anilines is 1. The Hall–Kier alpha value is -1.68. The Bertz CT molecular complexity index is 558. The fraction of sp³-hybridized carbons (Fsp3) is 0.200. The highest BCUT2D eigenvalue weighted by molar-refractivity contribution is 9.10. The van der Waals surface area contributed by atoms with Crippen LogP contribution >= 0.6 is 15.9 Å². The molecule has 0 aliphatic heterocycles. The van der Waals surface area contributed by atoms with Crippen LogP contribution in [0.2, 0.25) is 0 Å². The van der Waals surface area contributed by atoms with E-state index >= 15 is 0 Å². The van der Waals surface area contributed by atoms with Crippen LogP contribution in [0.15, 0.2) is 46.9 Å². The van der Waals surface area contributed by atoms with Gasteiger partial charge in [0.15, 0.2) is 0 Å².